The van der Waals surface area contributed by atoms with Crippen molar-refractivity contribution < 1.29 is 19.5 Å². The molecule has 4 heteroatoms. The fourth-order valence-electron chi connectivity index (χ4n) is 3.09. The highest BCUT2D eigenvalue weighted by Gasteiger charge is 2.55. The summed E-state index contributed by atoms with van der Waals surface area (Å²) < 4.78 is 0.160. The topological polar surface area (TPSA) is 57.5 Å². The first-order chi connectivity index (χ1) is 7.36. The minimum atomic E-state index is -0.715. The van der Waals surface area contributed by atoms with Crippen molar-refractivity contribution in [2.75, 3.05) is 13.2 Å². The number of hydrogen-bond acceptors (Lipinski definition) is 2. The Morgan fingerprint density at radius 2 is 2.06 bits per heavy atom. The molecular weight excluding hydrogens is 206 g/mol. The molecule has 0 saturated carbocycles. The Balaban J connectivity index is 2.95. The Morgan fingerprint density at radius 3 is 2.50 bits per heavy atom. The van der Waals surface area contributed by atoms with Crippen LogP contribution in [0.1, 0.15) is 46.5 Å². The third-order valence-electron chi connectivity index (χ3n) is 3.91. The number of likely N-dealkylation sites (tertiary alicyclic amines) is 1. The van der Waals surface area contributed by atoms with Gasteiger partial charge in [0, 0.05) is 25.9 Å². The smallest absolute Gasteiger partial charge is 0.435 e. The molecule has 1 saturated heterocycles. The summed E-state index contributed by atoms with van der Waals surface area (Å²) in [6.07, 6.45) is 2.73. The summed E-state index contributed by atoms with van der Waals surface area (Å²) in [5.74, 6) is 0. The van der Waals surface area contributed by atoms with E-state index in [2.05, 4.69) is 0 Å². The SMILES string of the molecule is CC(C)(C)[N+]1(C(=O)O)CCC[C@H]1CCCO. The largest absolute Gasteiger partial charge is 0.514 e. The van der Waals surface area contributed by atoms with Crippen LogP contribution < -0.4 is 0 Å². The van der Waals surface area contributed by atoms with Crippen LogP contribution in [0.25, 0.3) is 0 Å². The van der Waals surface area contributed by atoms with E-state index < -0.39 is 6.09 Å². The van der Waals surface area contributed by atoms with Crippen LogP contribution in [0.2, 0.25) is 0 Å². The molecule has 0 aromatic carbocycles. The average Bonchev–Trinajstić information content (AvgIpc) is 2.57. The number of nitrogens with zero attached hydrogens (tertiary/aromatic N) is 1. The van der Waals surface area contributed by atoms with Crippen LogP contribution in [0.4, 0.5) is 4.79 Å². The van der Waals surface area contributed by atoms with E-state index in [4.69, 9.17) is 5.11 Å². The van der Waals surface area contributed by atoms with Gasteiger partial charge in [-0.05, 0) is 27.2 Å². The van der Waals surface area contributed by atoms with Crippen LogP contribution >= 0.6 is 0 Å². The number of carboxylic acid groups (broad SMARTS) is 1. The maximum Gasteiger partial charge on any atom is 0.514 e. The van der Waals surface area contributed by atoms with Crippen molar-refractivity contribution in [2.24, 2.45) is 0 Å². The molecule has 0 spiro atoms. The molecule has 1 aliphatic rings. The molecule has 1 heterocycles. The lowest BCUT2D eigenvalue weighted by Crippen LogP contribution is -2.65. The summed E-state index contributed by atoms with van der Waals surface area (Å²) in [5.41, 5.74) is -0.275. The van der Waals surface area contributed by atoms with E-state index >= 15 is 0 Å². The van der Waals surface area contributed by atoms with Crippen LogP contribution in [0, 0.1) is 0 Å². The molecule has 1 aliphatic heterocycles. The standard InChI is InChI=1S/C12H23NO3/c1-12(2,3)13(11(15)16)8-4-6-10(13)7-5-9-14/h10,14H,4-9H2,1-3H3/p+1/t10-,13?/m0/s1. The number of carbonyl (C=O) groups is 1. The minimum absolute atomic E-state index is 0.153. The number of aliphatic hydroxyl groups is 1. The third kappa shape index (κ3) is 2.09. The van der Waals surface area contributed by atoms with E-state index in [1.165, 1.54) is 0 Å². The van der Waals surface area contributed by atoms with Crippen molar-refractivity contribution in [1.29, 1.82) is 0 Å². The monoisotopic (exact) mass is 230 g/mol. The van der Waals surface area contributed by atoms with Gasteiger partial charge in [-0.15, -0.1) is 0 Å². The van der Waals surface area contributed by atoms with Gasteiger partial charge in [0.1, 0.15) is 5.54 Å². The van der Waals surface area contributed by atoms with Gasteiger partial charge < -0.3 is 10.2 Å². The highest BCUT2D eigenvalue weighted by molar-refractivity contribution is 5.58. The van der Waals surface area contributed by atoms with Crippen LogP contribution in [0.15, 0.2) is 0 Å². The number of aliphatic hydroxyl groups excluding tert-OH is 1. The Hall–Kier alpha value is -0.610. The summed E-state index contributed by atoms with van der Waals surface area (Å²) in [7, 11) is 0. The Labute approximate surface area is 97.5 Å². The zero-order valence-electron chi connectivity index (χ0n) is 10.6. The number of quaternary nitrogens is 1. The zero-order valence-corrected chi connectivity index (χ0v) is 10.6. The van der Waals surface area contributed by atoms with Gasteiger partial charge in [0.05, 0.1) is 12.6 Å². The molecule has 0 aromatic heterocycles. The van der Waals surface area contributed by atoms with E-state index in [1.54, 1.807) is 0 Å². The third-order valence-corrected chi connectivity index (χ3v) is 3.91. The van der Waals surface area contributed by atoms with Gasteiger partial charge >= 0.3 is 6.09 Å². The first kappa shape index (κ1) is 13.5. The van der Waals surface area contributed by atoms with Crippen molar-refractivity contribution in [3.63, 3.8) is 0 Å². The first-order valence-corrected chi connectivity index (χ1v) is 6.08. The van der Waals surface area contributed by atoms with E-state index in [0.717, 1.165) is 25.8 Å². The Bertz CT molecular complexity index is 259. The molecule has 1 unspecified atom stereocenters. The quantitative estimate of drug-likeness (QED) is 0.731. The van der Waals surface area contributed by atoms with Crippen LogP contribution in [0.3, 0.4) is 0 Å². The summed E-state index contributed by atoms with van der Waals surface area (Å²) in [6.45, 7) is 6.87. The lowest BCUT2D eigenvalue weighted by atomic mass is 9.97. The lowest BCUT2D eigenvalue weighted by molar-refractivity contribution is -0.914. The van der Waals surface area contributed by atoms with Gasteiger partial charge in [-0.3, -0.25) is 0 Å². The predicted octanol–water partition coefficient (Wildman–Crippen LogP) is 2.21. The molecule has 2 N–H and O–H groups in total. The normalized spacial score (nSPS) is 30.6. The molecular formula is C12H24NO3+. The van der Waals surface area contributed by atoms with Crippen LogP contribution in [0.5, 0.6) is 0 Å². The van der Waals surface area contributed by atoms with Gasteiger partial charge in [0.2, 0.25) is 0 Å². The second kappa shape index (κ2) is 4.72. The molecule has 1 fully saturated rings. The minimum Gasteiger partial charge on any atom is -0.435 e. The van der Waals surface area contributed by atoms with Crippen molar-refractivity contribution in [3.8, 4) is 0 Å². The van der Waals surface area contributed by atoms with Gasteiger partial charge in [0.15, 0.2) is 0 Å². The molecule has 0 aromatic rings. The highest BCUT2D eigenvalue weighted by atomic mass is 16.4. The maximum atomic E-state index is 11.7. The van der Waals surface area contributed by atoms with Gasteiger partial charge in [-0.2, -0.15) is 4.79 Å². The predicted molar refractivity (Wildman–Crippen MR) is 62.2 cm³/mol. The molecule has 16 heavy (non-hydrogen) atoms. The number of amides is 1. The van der Waals surface area contributed by atoms with Crippen LogP contribution in [-0.4, -0.2) is 45.5 Å². The summed E-state index contributed by atoms with van der Waals surface area (Å²) in [6, 6.07) is 0.157. The average molecular weight is 230 g/mol. The fraction of sp³-hybridized carbons (Fsp3) is 0.917. The van der Waals surface area contributed by atoms with E-state index in [9.17, 15) is 9.90 Å². The second-order valence-electron chi connectivity index (χ2n) is 5.71. The van der Waals surface area contributed by atoms with Gasteiger partial charge in [-0.1, -0.05) is 0 Å². The molecule has 94 valence electrons. The molecule has 1 amide bonds. The first-order valence-electron chi connectivity index (χ1n) is 6.08. The molecule has 4 nitrogen and oxygen atoms in total. The summed E-state index contributed by atoms with van der Waals surface area (Å²) in [5, 5.41) is 18.5. The fourth-order valence-corrected chi connectivity index (χ4v) is 3.09. The van der Waals surface area contributed by atoms with Crippen molar-refractivity contribution >= 4 is 6.09 Å². The van der Waals surface area contributed by atoms with E-state index in [-0.39, 0.29) is 22.7 Å². The molecule has 0 radical (unpaired) electrons. The van der Waals surface area contributed by atoms with Crippen molar-refractivity contribution in [1.82, 2.24) is 0 Å². The lowest BCUT2D eigenvalue weighted by Gasteiger charge is -2.44. The maximum absolute atomic E-state index is 11.7. The highest BCUT2D eigenvalue weighted by Crippen LogP contribution is 2.38. The second-order valence-corrected chi connectivity index (χ2v) is 5.71. The van der Waals surface area contributed by atoms with Crippen molar-refractivity contribution in [3.05, 3.63) is 0 Å². The molecule has 1 rings (SSSR count). The molecule has 0 bridgehead atoms. The summed E-state index contributed by atoms with van der Waals surface area (Å²) in [4.78, 5) is 11.7. The van der Waals surface area contributed by atoms with E-state index in [1.807, 2.05) is 20.8 Å². The zero-order chi connectivity index (χ0) is 12.4. The van der Waals surface area contributed by atoms with Gasteiger partial charge in [-0.25, -0.2) is 4.48 Å². The molecule has 0 aliphatic carbocycles. The van der Waals surface area contributed by atoms with E-state index in [0.29, 0.717) is 6.42 Å². The van der Waals surface area contributed by atoms with Gasteiger partial charge in [0.25, 0.3) is 0 Å². The number of hydrogen-bond donors (Lipinski definition) is 2. The summed E-state index contributed by atoms with van der Waals surface area (Å²) >= 11 is 0. The van der Waals surface area contributed by atoms with Crippen LogP contribution in [-0.2, 0) is 0 Å². The Kier molecular flexibility index (Phi) is 3.97. The molecule has 2 atom stereocenters. The Morgan fingerprint density at radius 1 is 1.44 bits per heavy atom. The van der Waals surface area contributed by atoms with Crippen molar-refractivity contribution in [2.45, 2.75) is 58.0 Å². The number of rotatable bonds is 3.